The molecule has 6 heteroatoms. The van der Waals surface area contributed by atoms with Crippen LogP contribution in [0.5, 0.6) is 0 Å². The molecule has 1 aromatic rings. The van der Waals surface area contributed by atoms with Crippen LogP contribution in [0, 0.1) is 0 Å². The number of nitrogens with one attached hydrogen (secondary N) is 1. The number of aromatic nitrogens is 1. The smallest absolute Gasteiger partial charge is 0.152 e. The molecule has 0 spiro atoms. The Labute approximate surface area is 95.0 Å². The average molecular weight is 241 g/mol. The quantitative estimate of drug-likeness (QED) is 0.786. The summed E-state index contributed by atoms with van der Waals surface area (Å²) in [5.74, 6) is 1.18. The Hall–Kier alpha value is -1.14. The summed E-state index contributed by atoms with van der Waals surface area (Å²) in [6.07, 6.45) is 2.36. The van der Waals surface area contributed by atoms with Crippen molar-refractivity contribution in [3.05, 3.63) is 23.9 Å². The minimum Gasteiger partial charge on any atom is -0.366 e. The van der Waals surface area contributed by atoms with E-state index in [4.69, 9.17) is 5.73 Å². The summed E-state index contributed by atoms with van der Waals surface area (Å²) in [7, 11) is -2.84. The number of sulfone groups is 1. The van der Waals surface area contributed by atoms with Crippen LogP contribution in [0.25, 0.3) is 0 Å². The number of nitrogens with two attached hydrogens (primary N) is 1. The van der Waals surface area contributed by atoms with Crippen LogP contribution in [0.2, 0.25) is 0 Å². The summed E-state index contributed by atoms with van der Waals surface area (Å²) in [5, 5.41) is 3.12. The Bertz CT molecular complexity index is 455. The van der Waals surface area contributed by atoms with Crippen LogP contribution >= 0.6 is 0 Å². The molecule has 2 rings (SSSR count). The van der Waals surface area contributed by atoms with Gasteiger partial charge in [-0.25, -0.2) is 13.4 Å². The fourth-order valence-corrected chi connectivity index (χ4v) is 3.42. The van der Waals surface area contributed by atoms with E-state index in [1.807, 2.05) is 12.1 Å². The van der Waals surface area contributed by atoms with E-state index in [2.05, 4.69) is 10.3 Å². The molecule has 3 N–H and O–H groups in total. The molecule has 0 amide bonds. The molecule has 1 atom stereocenters. The van der Waals surface area contributed by atoms with Crippen LogP contribution < -0.4 is 11.1 Å². The van der Waals surface area contributed by atoms with Gasteiger partial charge in [-0.15, -0.1) is 0 Å². The zero-order valence-corrected chi connectivity index (χ0v) is 9.70. The molecule has 1 unspecified atom stereocenters. The lowest BCUT2D eigenvalue weighted by molar-refractivity contribution is 0.602. The Morgan fingerprint density at radius 1 is 1.50 bits per heavy atom. The van der Waals surface area contributed by atoms with Crippen molar-refractivity contribution in [1.82, 2.24) is 4.98 Å². The molecule has 1 aliphatic heterocycles. The first-order chi connectivity index (χ1) is 7.59. The lowest BCUT2D eigenvalue weighted by atomic mass is 10.2. The Balaban J connectivity index is 1.99. The summed E-state index contributed by atoms with van der Waals surface area (Å²) in [4.78, 5) is 4.17. The average Bonchev–Trinajstić information content (AvgIpc) is 2.59. The molecule has 1 aromatic heterocycles. The van der Waals surface area contributed by atoms with Crippen LogP contribution in [0.15, 0.2) is 18.3 Å². The van der Waals surface area contributed by atoms with Gasteiger partial charge in [-0.1, -0.05) is 6.07 Å². The Morgan fingerprint density at radius 2 is 2.31 bits per heavy atom. The lowest BCUT2D eigenvalue weighted by Gasteiger charge is -2.11. The van der Waals surface area contributed by atoms with E-state index in [9.17, 15) is 8.42 Å². The highest BCUT2D eigenvalue weighted by atomic mass is 32.2. The molecule has 88 valence electrons. The maximum absolute atomic E-state index is 11.3. The maximum Gasteiger partial charge on any atom is 0.152 e. The third kappa shape index (κ3) is 2.70. The molecule has 0 saturated carbocycles. The largest absolute Gasteiger partial charge is 0.366 e. The molecule has 2 heterocycles. The van der Waals surface area contributed by atoms with E-state index in [1.165, 1.54) is 0 Å². The van der Waals surface area contributed by atoms with Crippen molar-refractivity contribution in [3.8, 4) is 0 Å². The zero-order chi connectivity index (χ0) is 11.6. The number of anilines is 1. The third-order valence-electron chi connectivity index (χ3n) is 2.64. The van der Waals surface area contributed by atoms with E-state index in [0.717, 1.165) is 5.56 Å². The second kappa shape index (κ2) is 4.39. The molecule has 0 radical (unpaired) electrons. The van der Waals surface area contributed by atoms with Gasteiger partial charge in [0.2, 0.25) is 0 Å². The van der Waals surface area contributed by atoms with E-state index < -0.39 is 9.84 Å². The molecular formula is C10H15N3O2S. The maximum atomic E-state index is 11.3. The standard InChI is InChI=1S/C10H15N3O2S/c11-5-8-1-2-10(12-6-8)13-9-3-4-16(14,15)7-9/h1-2,6,9H,3-5,7,11H2,(H,12,13). The van der Waals surface area contributed by atoms with Gasteiger partial charge in [0.25, 0.3) is 0 Å². The van der Waals surface area contributed by atoms with Gasteiger partial charge in [0.05, 0.1) is 11.5 Å². The normalized spacial score (nSPS) is 23.2. The Kier molecular flexibility index (Phi) is 3.11. The van der Waals surface area contributed by atoms with Gasteiger partial charge in [0.1, 0.15) is 5.82 Å². The topological polar surface area (TPSA) is 85.1 Å². The molecule has 0 aliphatic carbocycles. The summed E-state index contributed by atoms with van der Waals surface area (Å²) in [6.45, 7) is 0.463. The predicted octanol–water partition coefficient (Wildman–Crippen LogP) is 0.139. The number of nitrogens with zero attached hydrogens (tertiary/aromatic N) is 1. The van der Waals surface area contributed by atoms with Crippen LogP contribution in [0.1, 0.15) is 12.0 Å². The van der Waals surface area contributed by atoms with Crippen molar-refractivity contribution in [2.24, 2.45) is 5.73 Å². The molecule has 5 nitrogen and oxygen atoms in total. The fourth-order valence-electron chi connectivity index (χ4n) is 1.75. The lowest BCUT2D eigenvalue weighted by Crippen LogP contribution is -2.21. The third-order valence-corrected chi connectivity index (χ3v) is 4.41. The monoisotopic (exact) mass is 241 g/mol. The van der Waals surface area contributed by atoms with Gasteiger partial charge in [0.15, 0.2) is 9.84 Å². The number of hydrogen-bond acceptors (Lipinski definition) is 5. The van der Waals surface area contributed by atoms with Crippen molar-refractivity contribution in [2.75, 3.05) is 16.8 Å². The van der Waals surface area contributed by atoms with Crippen molar-refractivity contribution in [1.29, 1.82) is 0 Å². The summed E-state index contributed by atoms with van der Waals surface area (Å²) < 4.78 is 22.5. The highest BCUT2D eigenvalue weighted by Crippen LogP contribution is 2.16. The first-order valence-electron chi connectivity index (χ1n) is 5.21. The van der Waals surface area contributed by atoms with Gasteiger partial charge in [-0.2, -0.15) is 0 Å². The van der Waals surface area contributed by atoms with Crippen molar-refractivity contribution >= 4 is 15.7 Å². The van der Waals surface area contributed by atoms with E-state index >= 15 is 0 Å². The van der Waals surface area contributed by atoms with Gasteiger partial charge in [-0.05, 0) is 18.1 Å². The highest BCUT2D eigenvalue weighted by Gasteiger charge is 2.27. The van der Waals surface area contributed by atoms with Gasteiger partial charge in [-0.3, -0.25) is 0 Å². The summed E-state index contributed by atoms with van der Waals surface area (Å²) >= 11 is 0. The van der Waals surface area contributed by atoms with Crippen molar-refractivity contribution < 1.29 is 8.42 Å². The SMILES string of the molecule is NCc1ccc(NC2CCS(=O)(=O)C2)nc1. The zero-order valence-electron chi connectivity index (χ0n) is 8.89. The first kappa shape index (κ1) is 11.3. The van der Waals surface area contributed by atoms with Gasteiger partial charge >= 0.3 is 0 Å². The molecule has 1 aliphatic rings. The van der Waals surface area contributed by atoms with E-state index in [-0.39, 0.29) is 17.5 Å². The first-order valence-corrected chi connectivity index (χ1v) is 7.03. The summed E-state index contributed by atoms with van der Waals surface area (Å²) in [6, 6.07) is 3.70. The fraction of sp³-hybridized carbons (Fsp3) is 0.500. The molecule has 0 aromatic carbocycles. The molecule has 16 heavy (non-hydrogen) atoms. The van der Waals surface area contributed by atoms with Crippen LogP contribution in [0.4, 0.5) is 5.82 Å². The Morgan fingerprint density at radius 3 is 2.81 bits per heavy atom. The van der Waals surface area contributed by atoms with Gasteiger partial charge < -0.3 is 11.1 Å². The molecule has 1 saturated heterocycles. The van der Waals surface area contributed by atoms with Crippen LogP contribution in [-0.4, -0.2) is 30.9 Å². The molecule has 0 bridgehead atoms. The number of rotatable bonds is 3. The number of pyridine rings is 1. The van der Waals surface area contributed by atoms with Crippen molar-refractivity contribution in [2.45, 2.75) is 19.0 Å². The highest BCUT2D eigenvalue weighted by molar-refractivity contribution is 7.91. The van der Waals surface area contributed by atoms with Crippen LogP contribution in [0.3, 0.4) is 0 Å². The summed E-state index contributed by atoms with van der Waals surface area (Å²) in [5.41, 5.74) is 6.42. The van der Waals surface area contributed by atoms with Crippen molar-refractivity contribution in [3.63, 3.8) is 0 Å². The molecular weight excluding hydrogens is 226 g/mol. The van der Waals surface area contributed by atoms with E-state index in [0.29, 0.717) is 18.8 Å². The predicted molar refractivity (Wildman–Crippen MR) is 62.8 cm³/mol. The molecule has 1 fully saturated rings. The second-order valence-electron chi connectivity index (χ2n) is 4.00. The van der Waals surface area contributed by atoms with Crippen LogP contribution in [-0.2, 0) is 16.4 Å². The van der Waals surface area contributed by atoms with E-state index in [1.54, 1.807) is 6.20 Å². The minimum absolute atomic E-state index is 0.0128. The number of hydrogen-bond donors (Lipinski definition) is 2. The second-order valence-corrected chi connectivity index (χ2v) is 6.23. The minimum atomic E-state index is -2.84. The van der Waals surface area contributed by atoms with Gasteiger partial charge in [0, 0.05) is 18.8 Å².